The third-order valence-corrected chi connectivity index (χ3v) is 14.1. The van der Waals surface area contributed by atoms with Crippen LogP contribution in [0.15, 0.2) is 97.1 Å². The lowest BCUT2D eigenvalue weighted by atomic mass is 9.66. The quantitative estimate of drug-likeness (QED) is 0.0470. The van der Waals surface area contributed by atoms with Gasteiger partial charge in [0.25, 0.3) is 5.60 Å². The summed E-state index contributed by atoms with van der Waals surface area (Å²) in [6.45, 7) is 19.5. The molecule has 2 aromatic rings. The second kappa shape index (κ2) is 30.2. The van der Waals surface area contributed by atoms with Crippen LogP contribution in [0.2, 0.25) is 0 Å². The van der Waals surface area contributed by atoms with Crippen molar-refractivity contribution >= 4 is 58.0 Å². The SMILES string of the molecule is C=C(C)C(=O)OC(C)(C)c1ccccc1.C=C(C)C(=O)OC1CC(C(C)(O)C(F)(F)F)CC(C(O)(C(F)(F)F)C(F)(F)F)C1.C=C(C)C(=O)OC1CCOC1=O.CC(C#N)(CCC(=O)OCCC(F)(F)C(C)(F)F)SC(=S)c1ccccc1. The molecule has 1 aliphatic heterocycles. The van der Waals surface area contributed by atoms with Crippen LogP contribution in [0, 0.1) is 23.2 Å². The number of hydrogen-bond acceptors (Lipinski definition) is 15. The van der Waals surface area contributed by atoms with E-state index in [1.165, 1.54) is 6.92 Å². The fourth-order valence-electron chi connectivity index (χ4n) is 7.19. The minimum absolute atomic E-state index is 0.0697. The average Bonchev–Trinajstić information content (AvgIpc) is 2.74. The van der Waals surface area contributed by atoms with Crippen molar-refractivity contribution in [2.45, 2.75) is 164 Å². The molecule has 1 saturated heterocycles. The van der Waals surface area contributed by atoms with Gasteiger partial charge in [0.1, 0.15) is 16.5 Å². The minimum atomic E-state index is -6.29. The van der Waals surface area contributed by atoms with E-state index < -0.39 is 132 Å². The number of nitrogens with zero attached hydrogens (tertiary/aromatic N) is 1. The Balaban J connectivity index is 0.000000585. The number of halogens is 13. The Morgan fingerprint density at radius 3 is 1.59 bits per heavy atom. The van der Waals surface area contributed by atoms with E-state index in [-0.39, 0.29) is 43.8 Å². The maximum atomic E-state index is 13.2. The zero-order valence-corrected chi connectivity index (χ0v) is 47.9. The number of cyclic esters (lactones) is 1. The first-order valence-corrected chi connectivity index (χ1v) is 25.9. The normalized spacial score (nSPS) is 19.0. The van der Waals surface area contributed by atoms with Crippen LogP contribution < -0.4 is 0 Å². The number of hydrogen-bond donors (Lipinski definition) is 2. The van der Waals surface area contributed by atoms with Gasteiger partial charge in [0, 0.05) is 48.3 Å². The first kappa shape index (κ1) is 75.0. The second-order valence-electron chi connectivity index (χ2n) is 20.2. The molecule has 6 unspecified atom stereocenters. The number of esters is 5. The average molecular weight is 1240 g/mol. The first-order valence-electron chi connectivity index (χ1n) is 24.7. The Kier molecular flexibility index (Phi) is 27.2. The predicted octanol–water partition coefficient (Wildman–Crippen LogP) is 12.9. The molecule has 4 rings (SSSR count). The van der Waals surface area contributed by atoms with Crippen molar-refractivity contribution in [1.29, 1.82) is 5.26 Å². The van der Waals surface area contributed by atoms with Crippen LogP contribution >= 0.6 is 24.0 Å². The highest BCUT2D eigenvalue weighted by atomic mass is 32.2. The van der Waals surface area contributed by atoms with Gasteiger partial charge in [-0.1, -0.05) is 104 Å². The van der Waals surface area contributed by atoms with Crippen LogP contribution in [0.4, 0.5) is 57.1 Å². The number of carbonyl (C=O) groups is 5. The highest BCUT2D eigenvalue weighted by Gasteiger charge is 2.75. The van der Waals surface area contributed by atoms with Gasteiger partial charge in [0.05, 0.1) is 29.9 Å². The molecule has 1 saturated carbocycles. The lowest BCUT2D eigenvalue weighted by molar-refractivity contribution is -0.391. The maximum Gasteiger partial charge on any atom is 0.426 e. The number of carbonyl (C=O) groups excluding carboxylic acids is 5. The maximum absolute atomic E-state index is 13.2. The molecule has 0 radical (unpaired) electrons. The highest BCUT2D eigenvalue weighted by molar-refractivity contribution is 8.24. The molecule has 0 aromatic heterocycles. The summed E-state index contributed by atoms with van der Waals surface area (Å²) in [7, 11) is 0. The van der Waals surface area contributed by atoms with Crippen LogP contribution in [0.25, 0.3) is 0 Å². The van der Waals surface area contributed by atoms with Crippen molar-refractivity contribution in [2.75, 3.05) is 13.2 Å². The molecular weight excluding hydrogens is 1180 g/mol. The van der Waals surface area contributed by atoms with Gasteiger partial charge >= 0.3 is 60.2 Å². The Morgan fingerprint density at radius 1 is 0.699 bits per heavy atom. The Labute approximate surface area is 480 Å². The van der Waals surface area contributed by atoms with Crippen molar-refractivity contribution in [3.05, 3.63) is 108 Å². The van der Waals surface area contributed by atoms with Crippen molar-refractivity contribution in [3.8, 4) is 6.07 Å². The fourth-order valence-corrected chi connectivity index (χ4v) is 8.80. The molecule has 0 amide bonds. The van der Waals surface area contributed by atoms with Crippen molar-refractivity contribution in [3.63, 3.8) is 0 Å². The van der Waals surface area contributed by atoms with Gasteiger partial charge in [-0.15, -0.1) is 0 Å². The van der Waals surface area contributed by atoms with E-state index >= 15 is 0 Å². The van der Waals surface area contributed by atoms with E-state index in [1.807, 2.05) is 50.2 Å². The molecule has 2 N–H and O–H groups in total. The smallest absolute Gasteiger partial charge is 0.426 e. The number of nitriles is 1. The molecule has 1 aliphatic carbocycles. The summed E-state index contributed by atoms with van der Waals surface area (Å²) in [4.78, 5) is 56.4. The zero-order valence-electron chi connectivity index (χ0n) is 46.2. The van der Waals surface area contributed by atoms with Gasteiger partial charge < -0.3 is 33.9 Å². The van der Waals surface area contributed by atoms with E-state index in [9.17, 15) is 96.5 Å². The molecule has 83 heavy (non-hydrogen) atoms. The third-order valence-electron chi connectivity index (χ3n) is 12.5. The number of thioether (sulfide) groups is 1. The number of aliphatic hydroxyl groups is 2. The Morgan fingerprint density at radius 2 is 1.17 bits per heavy atom. The molecule has 2 fully saturated rings. The standard InChI is InChI=1S/C18H19F4NO2S2.C16H19F9O4.C13H16O2.C8H10O4/c1-16(12-23,27-15(26)13-6-4-3-5-7-13)9-8-14(24)25-11-10-18(21,22)17(2,19)20;1-7(2)11(26)29-10-5-8(12(3,27)14(17,18)19)4-9(6-10)13(28,15(20,21)22)16(23,24)25;1-10(2)12(14)15-13(3,4)11-8-6-5-7-9-11;1-5(2)7(9)12-6-3-4-11-8(6)10/h3-7H,8-11H2,1-2H3;8-10,27-28H,1,4-6H2,2-3H3;5-9H,1H2,2-4H3;6H,1,3-4H2,2H3. The van der Waals surface area contributed by atoms with Gasteiger partial charge in [0.15, 0.2) is 5.60 Å². The number of thiocarbonyl (C=S) groups is 1. The molecule has 0 spiro atoms. The van der Waals surface area contributed by atoms with E-state index in [1.54, 1.807) is 38.1 Å². The van der Waals surface area contributed by atoms with Crippen molar-refractivity contribution in [1.82, 2.24) is 0 Å². The van der Waals surface area contributed by atoms with Crippen molar-refractivity contribution in [2.24, 2.45) is 11.8 Å². The molecule has 13 nitrogen and oxygen atoms in total. The zero-order chi connectivity index (χ0) is 64.5. The summed E-state index contributed by atoms with van der Waals surface area (Å²) in [5.41, 5.74) is -7.53. The predicted molar refractivity (Wildman–Crippen MR) is 280 cm³/mol. The third kappa shape index (κ3) is 22.5. The van der Waals surface area contributed by atoms with Gasteiger partial charge in [0.2, 0.25) is 6.10 Å². The molecule has 28 heteroatoms. The van der Waals surface area contributed by atoms with Crippen LogP contribution in [0.3, 0.4) is 0 Å². The van der Waals surface area contributed by atoms with Crippen LogP contribution in [-0.4, -0.2) is 116 Å². The molecule has 2 aliphatic rings. The molecule has 6 atom stereocenters. The van der Waals surface area contributed by atoms with Crippen LogP contribution in [0.5, 0.6) is 0 Å². The molecular formula is C55H64F13NO12S2. The van der Waals surface area contributed by atoms with E-state index in [0.717, 1.165) is 29.8 Å². The number of benzene rings is 2. The lowest BCUT2D eigenvalue weighted by Gasteiger charge is -2.47. The number of rotatable bonds is 18. The fraction of sp³-hybridized carbons (Fsp3) is 0.545. The van der Waals surface area contributed by atoms with E-state index in [0.29, 0.717) is 22.8 Å². The largest absolute Gasteiger partial charge is 0.465 e. The second-order valence-corrected chi connectivity index (χ2v) is 22.3. The monoisotopic (exact) mass is 1240 g/mol. The summed E-state index contributed by atoms with van der Waals surface area (Å²) >= 11 is 6.42. The summed E-state index contributed by atoms with van der Waals surface area (Å²) in [5, 5.41) is 28.8. The molecule has 2 aromatic carbocycles. The van der Waals surface area contributed by atoms with Gasteiger partial charge in [-0.25, -0.2) is 28.0 Å². The first-order chi connectivity index (χ1) is 37.6. The van der Waals surface area contributed by atoms with Gasteiger partial charge in [-0.3, -0.25) is 4.79 Å². The van der Waals surface area contributed by atoms with Crippen LogP contribution in [-0.2, 0) is 53.3 Å². The summed E-state index contributed by atoms with van der Waals surface area (Å²) in [6.07, 6.45) is -25.1. The Hall–Kier alpha value is -6.05. The van der Waals surface area contributed by atoms with Crippen LogP contribution in [0.1, 0.15) is 111 Å². The topological polar surface area (TPSA) is 196 Å². The number of ether oxygens (including phenoxy) is 5. The summed E-state index contributed by atoms with van der Waals surface area (Å²) in [5.74, 6) is -17.0. The summed E-state index contributed by atoms with van der Waals surface area (Å²) in [6, 6.07) is 20.8. The molecule has 0 bridgehead atoms. The lowest BCUT2D eigenvalue weighted by Crippen LogP contribution is -2.64. The van der Waals surface area contributed by atoms with E-state index in [4.69, 9.17) is 21.7 Å². The molecule has 464 valence electrons. The van der Waals surface area contributed by atoms with Gasteiger partial charge in [-0.2, -0.15) is 53.6 Å². The van der Waals surface area contributed by atoms with E-state index in [2.05, 4.69) is 40.0 Å². The summed E-state index contributed by atoms with van der Waals surface area (Å²) < 4.78 is 194. The minimum Gasteiger partial charge on any atom is -0.465 e. The van der Waals surface area contributed by atoms with Gasteiger partial charge in [-0.05, 0) is 85.3 Å². The Bertz CT molecular complexity index is 2620. The molecule has 1 heterocycles. The highest BCUT2D eigenvalue weighted by Crippen LogP contribution is 2.55. The number of alkyl halides is 13. The van der Waals surface area contributed by atoms with Crippen molar-refractivity contribution < 1.29 is 115 Å².